The molecule has 2 nitrogen and oxygen atoms in total. The molecule has 29 heavy (non-hydrogen) atoms. The number of hydrogen-bond donors (Lipinski definition) is 1. The number of rotatable bonds is 5. The van der Waals surface area contributed by atoms with Gasteiger partial charge in [0.15, 0.2) is 7.26 Å². The number of alkyl halides is 3. The third kappa shape index (κ3) is 4.49. The summed E-state index contributed by atoms with van der Waals surface area (Å²) >= 11 is 17.3. The fraction of sp³-hybridized carbons (Fsp3) is 0.0455. The van der Waals surface area contributed by atoms with E-state index in [2.05, 4.69) is 5.32 Å². The summed E-state index contributed by atoms with van der Waals surface area (Å²) < 4.78 is 12.3. The van der Waals surface area contributed by atoms with Gasteiger partial charge in [-0.1, -0.05) is 89.4 Å². The number of amides is 1. The highest BCUT2D eigenvalue weighted by Gasteiger charge is 2.52. The highest BCUT2D eigenvalue weighted by molar-refractivity contribution is 7.99. The Kier molecular flexibility index (Phi) is 6.97. The van der Waals surface area contributed by atoms with Gasteiger partial charge in [0.1, 0.15) is 22.2 Å². The van der Waals surface area contributed by atoms with Crippen LogP contribution in [-0.2, 0) is 4.79 Å². The van der Waals surface area contributed by atoms with E-state index in [4.69, 9.17) is 34.8 Å². The average Bonchev–Trinajstić information content (AvgIpc) is 2.75. The molecule has 0 spiro atoms. The van der Waals surface area contributed by atoms with Crippen LogP contribution in [0.15, 0.2) is 103 Å². The summed E-state index contributed by atoms with van der Waals surface area (Å²) in [4.78, 5) is 12.5. The molecule has 3 aromatic rings. The largest absolute Gasteiger partial charge is 0.290 e. The number of nitrogens with one attached hydrogen (secondary N) is 1. The van der Waals surface area contributed by atoms with Crippen LogP contribution in [0.25, 0.3) is 0 Å². The predicted molar refractivity (Wildman–Crippen MR) is 123 cm³/mol. The Morgan fingerprint density at radius 2 is 1.10 bits per heavy atom. The van der Waals surface area contributed by atoms with Crippen LogP contribution in [0.3, 0.4) is 0 Å². The van der Waals surface area contributed by atoms with Crippen LogP contribution >= 0.6 is 42.1 Å². The van der Waals surface area contributed by atoms with Gasteiger partial charge in [-0.15, -0.1) is 0 Å². The second kappa shape index (κ2) is 9.28. The molecule has 1 amide bonds. The molecule has 0 bridgehead atoms. The van der Waals surface area contributed by atoms with Crippen molar-refractivity contribution in [1.29, 1.82) is 0 Å². The molecule has 3 rings (SSSR count). The van der Waals surface area contributed by atoms with E-state index in [9.17, 15) is 9.18 Å². The van der Waals surface area contributed by atoms with E-state index in [0.29, 0.717) is 6.33 Å². The zero-order valence-electron chi connectivity index (χ0n) is 15.1. The average molecular weight is 468 g/mol. The van der Waals surface area contributed by atoms with E-state index >= 15 is 0 Å². The van der Waals surface area contributed by atoms with Crippen molar-refractivity contribution in [1.82, 2.24) is 5.32 Å². The molecule has 0 saturated heterocycles. The summed E-state index contributed by atoms with van der Waals surface area (Å²) in [6.45, 7) is 0. The van der Waals surface area contributed by atoms with Gasteiger partial charge in [-0.25, -0.2) is 4.39 Å². The molecule has 0 aliphatic rings. The first-order valence-electron chi connectivity index (χ1n) is 8.65. The Bertz CT molecular complexity index is 896. The molecule has 3 aromatic carbocycles. The molecule has 0 aromatic heterocycles. The maximum absolute atomic E-state index is 14.5. The molecule has 0 fully saturated rings. The molecule has 1 N–H and O–H groups in total. The van der Waals surface area contributed by atoms with Crippen LogP contribution in [0.2, 0.25) is 0 Å². The minimum Gasteiger partial charge on any atom is -0.290 e. The summed E-state index contributed by atoms with van der Waals surface area (Å²) in [5, 5.41) is 5.10. The van der Waals surface area contributed by atoms with Crippen molar-refractivity contribution in [2.45, 2.75) is 3.79 Å². The fourth-order valence-corrected chi connectivity index (χ4v) is 7.34. The molecular formula is C22H17Cl3FNOP+. The Morgan fingerprint density at radius 3 is 1.38 bits per heavy atom. The van der Waals surface area contributed by atoms with Crippen LogP contribution in [0, 0.1) is 0 Å². The van der Waals surface area contributed by atoms with Crippen molar-refractivity contribution in [3.63, 3.8) is 0 Å². The zero-order valence-corrected chi connectivity index (χ0v) is 18.3. The van der Waals surface area contributed by atoms with Crippen molar-refractivity contribution in [2.75, 3.05) is 0 Å². The minimum atomic E-state index is -2.81. The Morgan fingerprint density at radius 1 is 0.759 bits per heavy atom. The standard InChI is InChI=1S/C22H16Cl3FNOP/c23-22(24,25)21(28)27-20(16-26)29(17-10-4-1-5-11-17,18-12-6-2-7-13-18)19-14-8-3-9-15-19/h1-16H/p+1/b20-16+. The lowest BCUT2D eigenvalue weighted by molar-refractivity contribution is -0.119. The summed E-state index contributed by atoms with van der Waals surface area (Å²) in [7, 11) is -2.81. The molecule has 0 unspecified atom stereocenters. The van der Waals surface area contributed by atoms with Crippen molar-refractivity contribution >= 4 is 63.9 Å². The highest BCUT2D eigenvalue weighted by atomic mass is 35.6. The molecular weight excluding hydrogens is 451 g/mol. The fourth-order valence-electron chi connectivity index (χ4n) is 3.19. The van der Waals surface area contributed by atoms with E-state index in [1.54, 1.807) is 0 Å². The second-order valence-electron chi connectivity index (χ2n) is 6.12. The quantitative estimate of drug-likeness (QED) is 0.404. The van der Waals surface area contributed by atoms with E-state index in [1.807, 2.05) is 91.0 Å². The topological polar surface area (TPSA) is 29.1 Å². The summed E-state index contributed by atoms with van der Waals surface area (Å²) in [6, 6.07) is 28.4. The first-order valence-corrected chi connectivity index (χ1v) is 11.6. The number of hydrogen-bond acceptors (Lipinski definition) is 1. The van der Waals surface area contributed by atoms with Crippen LogP contribution in [-0.4, -0.2) is 9.70 Å². The van der Waals surface area contributed by atoms with Gasteiger partial charge in [-0.3, -0.25) is 10.1 Å². The van der Waals surface area contributed by atoms with Crippen LogP contribution in [0.1, 0.15) is 0 Å². The van der Waals surface area contributed by atoms with Crippen LogP contribution in [0.4, 0.5) is 4.39 Å². The Hall–Kier alpha value is -1.90. The van der Waals surface area contributed by atoms with Crippen LogP contribution < -0.4 is 21.2 Å². The molecule has 0 heterocycles. The first kappa shape index (κ1) is 21.8. The van der Waals surface area contributed by atoms with Crippen molar-refractivity contribution in [2.24, 2.45) is 0 Å². The normalized spacial score (nSPS) is 12.5. The molecule has 148 valence electrons. The van der Waals surface area contributed by atoms with Gasteiger partial charge in [0.2, 0.25) is 5.44 Å². The number of carbonyl (C=O) groups is 1. The van der Waals surface area contributed by atoms with Crippen molar-refractivity contribution < 1.29 is 9.18 Å². The van der Waals surface area contributed by atoms with Gasteiger partial charge in [0.25, 0.3) is 9.70 Å². The summed E-state index contributed by atoms with van der Waals surface area (Å²) in [5.74, 6) is -0.918. The maximum atomic E-state index is 14.5. The smallest absolute Gasteiger partial charge is 0.279 e. The Balaban J connectivity index is 2.35. The van der Waals surface area contributed by atoms with Gasteiger partial charge in [-0.2, -0.15) is 0 Å². The first-order chi connectivity index (χ1) is 13.9. The van der Waals surface area contributed by atoms with E-state index < -0.39 is 17.0 Å². The molecule has 0 aliphatic carbocycles. The highest BCUT2D eigenvalue weighted by Crippen LogP contribution is 2.61. The summed E-state index contributed by atoms with van der Waals surface area (Å²) in [6.07, 6.45) is 0.398. The lowest BCUT2D eigenvalue weighted by Crippen LogP contribution is -2.41. The molecule has 0 aliphatic heterocycles. The zero-order chi connectivity index (χ0) is 20.9. The SMILES string of the molecule is O=C(N/C(=C\F)[P+](c1ccccc1)(c1ccccc1)c1ccccc1)C(Cl)(Cl)Cl. The minimum absolute atomic E-state index is 0.0532. The Labute approximate surface area is 184 Å². The van der Waals surface area contributed by atoms with Gasteiger partial charge in [-0.05, 0) is 36.4 Å². The molecule has 0 atom stereocenters. The monoisotopic (exact) mass is 466 g/mol. The van der Waals surface area contributed by atoms with Gasteiger partial charge < -0.3 is 0 Å². The second-order valence-corrected chi connectivity index (χ2v) is 11.8. The third-order valence-electron chi connectivity index (χ3n) is 4.39. The summed E-state index contributed by atoms with van der Waals surface area (Å²) in [5.41, 5.74) is 0.0532. The van der Waals surface area contributed by atoms with Gasteiger partial charge in [0, 0.05) is 0 Å². The van der Waals surface area contributed by atoms with E-state index in [-0.39, 0.29) is 5.44 Å². The van der Waals surface area contributed by atoms with Crippen molar-refractivity contribution in [3.05, 3.63) is 103 Å². The van der Waals surface area contributed by atoms with Gasteiger partial charge in [0.05, 0.1) is 0 Å². The molecule has 7 heteroatoms. The number of benzene rings is 3. The van der Waals surface area contributed by atoms with E-state index in [0.717, 1.165) is 15.9 Å². The third-order valence-corrected chi connectivity index (χ3v) is 9.06. The van der Waals surface area contributed by atoms with Crippen LogP contribution in [0.5, 0.6) is 0 Å². The maximum Gasteiger partial charge on any atom is 0.279 e. The molecule has 0 saturated carbocycles. The number of carbonyl (C=O) groups excluding carboxylic acids is 1. The number of halogens is 4. The van der Waals surface area contributed by atoms with Crippen molar-refractivity contribution in [3.8, 4) is 0 Å². The lowest BCUT2D eigenvalue weighted by atomic mass is 10.4. The van der Waals surface area contributed by atoms with Gasteiger partial charge >= 0.3 is 0 Å². The predicted octanol–water partition coefficient (Wildman–Crippen LogP) is 5.24. The molecule has 0 radical (unpaired) electrons. The van der Waals surface area contributed by atoms with E-state index in [1.165, 1.54) is 0 Å². The lowest BCUT2D eigenvalue weighted by Gasteiger charge is -2.29.